The van der Waals surface area contributed by atoms with Gasteiger partial charge in [0.15, 0.2) is 5.16 Å². The number of aryl methyl sites for hydroxylation is 2. The van der Waals surface area contributed by atoms with Crippen molar-refractivity contribution in [1.82, 2.24) is 14.8 Å². The Morgan fingerprint density at radius 3 is 2.71 bits per heavy atom. The monoisotopic (exact) mass is 459 g/mol. The Kier molecular flexibility index (Phi) is 6.48. The van der Waals surface area contributed by atoms with Crippen molar-refractivity contribution < 1.29 is 9.59 Å². The van der Waals surface area contributed by atoms with Crippen LogP contribution in [0.1, 0.15) is 15.9 Å². The summed E-state index contributed by atoms with van der Waals surface area (Å²) in [6, 6.07) is 12.5. The number of halogens is 1. The van der Waals surface area contributed by atoms with Crippen molar-refractivity contribution in [1.29, 1.82) is 0 Å². The second-order valence-electron chi connectivity index (χ2n) is 6.06. The topological polar surface area (TPSA) is 88.9 Å². The van der Waals surface area contributed by atoms with Gasteiger partial charge in [-0.05, 0) is 48.9 Å². The molecule has 3 rings (SSSR count). The molecule has 28 heavy (non-hydrogen) atoms. The molecule has 2 amide bonds. The lowest BCUT2D eigenvalue weighted by atomic mass is 10.1. The first kappa shape index (κ1) is 20.1. The molecular weight excluding hydrogens is 442 g/mol. The summed E-state index contributed by atoms with van der Waals surface area (Å²) in [5.41, 5.74) is 2.71. The van der Waals surface area contributed by atoms with Crippen molar-refractivity contribution in [3.8, 4) is 0 Å². The van der Waals surface area contributed by atoms with Gasteiger partial charge in [-0.25, -0.2) is 0 Å². The molecule has 7 nitrogen and oxygen atoms in total. The van der Waals surface area contributed by atoms with Gasteiger partial charge in [0, 0.05) is 28.5 Å². The number of benzene rings is 2. The fraction of sp³-hybridized carbons (Fsp3) is 0.158. The lowest BCUT2D eigenvalue weighted by Gasteiger charge is -2.10. The van der Waals surface area contributed by atoms with Gasteiger partial charge in [-0.15, -0.1) is 10.2 Å². The van der Waals surface area contributed by atoms with E-state index in [0.717, 1.165) is 15.7 Å². The maximum absolute atomic E-state index is 12.6. The van der Waals surface area contributed by atoms with Crippen LogP contribution in [0.5, 0.6) is 0 Å². The lowest BCUT2D eigenvalue weighted by molar-refractivity contribution is -0.113. The summed E-state index contributed by atoms with van der Waals surface area (Å²) in [4.78, 5) is 24.7. The number of nitrogens with zero attached hydrogens (tertiary/aromatic N) is 3. The van der Waals surface area contributed by atoms with Gasteiger partial charge in [-0.2, -0.15) is 0 Å². The number of rotatable bonds is 6. The summed E-state index contributed by atoms with van der Waals surface area (Å²) >= 11 is 4.70. The summed E-state index contributed by atoms with van der Waals surface area (Å²) in [5.74, 6) is -0.231. The Labute approximate surface area is 175 Å². The molecule has 2 N–H and O–H groups in total. The molecular formula is C19H18BrN5O2S. The third-order valence-electron chi connectivity index (χ3n) is 3.85. The molecule has 0 aliphatic heterocycles. The molecule has 1 heterocycles. The van der Waals surface area contributed by atoms with E-state index in [1.54, 1.807) is 35.2 Å². The van der Waals surface area contributed by atoms with Crippen molar-refractivity contribution in [2.75, 3.05) is 16.4 Å². The van der Waals surface area contributed by atoms with Crippen molar-refractivity contribution in [2.24, 2.45) is 7.05 Å². The minimum atomic E-state index is -0.241. The van der Waals surface area contributed by atoms with Crippen LogP contribution in [0, 0.1) is 6.92 Å². The second-order valence-corrected chi connectivity index (χ2v) is 7.91. The van der Waals surface area contributed by atoms with Gasteiger partial charge in [-0.1, -0.05) is 33.8 Å². The standard InChI is InChI=1S/C19H18BrN5O2S/c1-12-8-14(20)6-7-16(12)23-18(27)13-4-3-5-15(9-13)22-17(26)10-28-19-24-21-11-25(19)2/h3-9,11H,10H2,1-2H3,(H,22,26)(H,23,27). The average Bonchev–Trinajstić information content (AvgIpc) is 3.07. The summed E-state index contributed by atoms with van der Waals surface area (Å²) < 4.78 is 2.69. The fourth-order valence-electron chi connectivity index (χ4n) is 2.43. The third kappa shape index (κ3) is 5.20. The first-order chi connectivity index (χ1) is 13.4. The molecule has 0 spiro atoms. The zero-order chi connectivity index (χ0) is 20.1. The number of thioether (sulfide) groups is 1. The van der Waals surface area contributed by atoms with Gasteiger partial charge in [0.2, 0.25) is 5.91 Å². The smallest absolute Gasteiger partial charge is 0.255 e. The van der Waals surface area contributed by atoms with Gasteiger partial charge in [0.25, 0.3) is 5.91 Å². The summed E-state index contributed by atoms with van der Waals surface area (Å²) in [6.07, 6.45) is 1.58. The minimum absolute atomic E-state index is 0.186. The normalized spacial score (nSPS) is 10.5. The van der Waals surface area contributed by atoms with E-state index in [4.69, 9.17) is 0 Å². The molecule has 0 bridgehead atoms. The Balaban J connectivity index is 1.62. The molecule has 3 aromatic rings. The number of carbonyl (C=O) groups excluding carboxylic acids is 2. The highest BCUT2D eigenvalue weighted by Crippen LogP contribution is 2.21. The Morgan fingerprint density at radius 2 is 2.00 bits per heavy atom. The highest BCUT2D eigenvalue weighted by molar-refractivity contribution is 9.10. The molecule has 0 saturated heterocycles. The molecule has 0 atom stereocenters. The van der Waals surface area contributed by atoms with Crippen LogP contribution in [0.4, 0.5) is 11.4 Å². The van der Waals surface area contributed by atoms with Gasteiger partial charge < -0.3 is 15.2 Å². The van der Waals surface area contributed by atoms with E-state index in [9.17, 15) is 9.59 Å². The molecule has 2 aromatic carbocycles. The number of anilines is 2. The van der Waals surface area contributed by atoms with E-state index in [0.29, 0.717) is 16.4 Å². The molecule has 1 aromatic heterocycles. The fourth-order valence-corrected chi connectivity index (χ4v) is 3.59. The summed E-state index contributed by atoms with van der Waals surface area (Å²) in [5, 5.41) is 14.0. The SMILES string of the molecule is Cc1cc(Br)ccc1NC(=O)c1cccc(NC(=O)CSc2nncn2C)c1. The van der Waals surface area contributed by atoms with Crippen molar-refractivity contribution in [3.05, 3.63) is 64.4 Å². The zero-order valence-electron chi connectivity index (χ0n) is 15.3. The average molecular weight is 460 g/mol. The van der Waals surface area contributed by atoms with Crippen LogP contribution in [0.25, 0.3) is 0 Å². The number of aromatic nitrogens is 3. The lowest BCUT2D eigenvalue weighted by Crippen LogP contribution is -2.16. The Bertz CT molecular complexity index is 1020. The predicted molar refractivity (Wildman–Crippen MR) is 114 cm³/mol. The number of amides is 2. The van der Waals surface area contributed by atoms with Gasteiger partial charge in [-0.3, -0.25) is 9.59 Å². The third-order valence-corrected chi connectivity index (χ3v) is 5.37. The molecule has 9 heteroatoms. The molecule has 0 saturated carbocycles. The molecule has 0 aliphatic rings. The highest BCUT2D eigenvalue weighted by Gasteiger charge is 2.11. The molecule has 0 unspecified atom stereocenters. The number of carbonyl (C=O) groups is 2. The molecule has 144 valence electrons. The predicted octanol–water partition coefficient (Wildman–Crippen LogP) is 3.87. The largest absolute Gasteiger partial charge is 0.325 e. The summed E-state index contributed by atoms with van der Waals surface area (Å²) in [6.45, 7) is 1.92. The van der Waals surface area contributed by atoms with Crippen LogP contribution in [0.2, 0.25) is 0 Å². The Hall–Kier alpha value is -2.65. The van der Waals surface area contributed by atoms with Crippen molar-refractivity contribution in [2.45, 2.75) is 12.1 Å². The van der Waals surface area contributed by atoms with Crippen LogP contribution in [-0.2, 0) is 11.8 Å². The second kappa shape index (κ2) is 9.03. The summed E-state index contributed by atoms with van der Waals surface area (Å²) in [7, 11) is 1.81. The number of nitrogens with one attached hydrogen (secondary N) is 2. The first-order valence-electron chi connectivity index (χ1n) is 8.36. The van der Waals surface area contributed by atoms with Crippen LogP contribution in [0.15, 0.2) is 58.4 Å². The van der Waals surface area contributed by atoms with Crippen LogP contribution >= 0.6 is 27.7 Å². The van der Waals surface area contributed by atoms with Crippen LogP contribution in [0.3, 0.4) is 0 Å². The maximum atomic E-state index is 12.6. The van der Waals surface area contributed by atoms with Crippen LogP contribution < -0.4 is 10.6 Å². The minimum Gasteiger partial charge on any atom is -0.325 e. The zero-order valence-corrected chi connectivity index (χ0v) is 17.7. The highest BCUT2D eigenvalue weighted by atomic mass is 79.9. The number of hydrogen-bond donors (Lipinski definition) is 2. The van der Waals surface area contributed by atoms with E-state index in [1.807, 2.05) is 32.2 Å². The quantitative estimate of drug-likeness (QED) is 0.546. The Morgan fingerprint density at radius 1 is 1.18 bits per heavy atom. The van der Waals surface area contributed by atoms with E-state index in [2.05, 4.69) is 36.8 Å². The van der Waals surface area contributed by atoms with Gasteiger partial charge in [0.1, 0.15) is 6.33 Å². The number of hydrogen-bond acceptors (Lipinski definition) is 5. The maximum Gasteiger partial charge on any atom is 0.255 e. The first-order valence-corrected chi connectivity index (χ1v) is 10.1. The van der Waals surface area contributed by atoms with Gasteiger partial charge >= 0.3 is 0 Å². The molecule has 0 aliphatic carbocycles. The van der Waals surface area contributed by atoms with Crippen LogP contribution in [-0.4, -0.2) is 32.3 Å². The van der Waals surface area contributed by atoms with Gasteiger partial charge in [0.05, 0.1) is 5.75 Å². The molecule has 0 fully saturated rings. The van der Waals surface area contributed by atoms with E-state index < -0.39 is 0 Å². The molecule has 0 radical (unpaired) electrons. The van der Waals surface area contributed by atoms with E-state index >= 15 is 0 Å². The van der Waals surface area contributed by atoms with Crippen molar-refractivity contribution in [3.63, 3.8) is 0 Å². The van der Waals surface area contributed by atoms with Crippen molar-refractivity contribution >= 4 is 50.9 Å². The van der Waals surface area contributed by atoms with E-state index in [1.165, 1.54) is 11.8 Å². The van der Waals surface area contributed by atoms with E-state index in [-0.39, 0.29) is 17.6 Å².